The van der Waals surface area contributed by atoms with E-state index in [2.05, 4.69) is 20.8 Å². The molecule has 2 atom stereocenters. The molecule has 0 fully saturated rings. The van der Waals surface area contributed by atoms with Crippen LogP contribution in [0.2, 0.25) is 0 Å². The highest BCUT2D eigenvalue weighted by atomic mass is 31.2. The summed E-state index contributed by atoms with van der Waals surface area (Å²) in [7, 11) is 1.39. The van der Waals surface area contributed by atoms with Gasteiger partial charge in [0.2, 0.25) is 0 Å². The summed E-state index contributed by atoms with van der Waals surface area (Å²) in [5, 5.41) is 0. The van der Waals surface area contributed by atoms with E-state index in [1.165, 1.54) is 128 Å². The third-order valence-electron chi connectivity index (χ3n) is 11.2. The molecule has 0 aromatic rings. The van der Waals surface area contributed by atoms with Gasteiger partial charge in [-0.25, -0.2) is 4.57 Å². The zero-order chi connectivity index (χ0) is 45.3. The van der Waals surface area contributed by atoms with Gasteiger partial charge in [0.1, 0.15) is 25.9 Å². The first-order valence-electron chi connectivity index (χ1n) is 25.3. The number of carbonyl (C=O) groups excluding carboxylic acids is 3. The fraction of sp³-hybridized carbons (Fsp3) is 0.939. The molecule has 0 aliphatic carbocycles. The van der Waals surface area contributed by atoms with E-state index in [0.717, 1.165) is 57.8 Å². The Labute approximate surface area is 375 Å². The molecule has 362 valence electrons. The molecular weight excluding hydrogens is 794 g/mol. The van der Waals surface area contributed by atoms with Gasteiger partial charge in [-0.2, -0.15) is 0 Å². The molecule has 0 bridgehead atoms. The lowest BCUT2D eigenvalue weighted by Gasteiger charge is -2.24. The number of quaternary nitrogens is 1. The minimum absolute atomic E-state index is 0.00377. The van der Waals surface area contributed by atoms with Gasteiger partial charge < -0.3 is 23.6 Å². The maximum Gasteiger partial charge on any atom is 0.472 e. The molecule has 0 spiro atoms. The van der Waals surface area contributed by atoms with Crippen LogP contribution in [-0.2, 0) is 42.2 Å². The van der Waals surface area contributed by atoms with Gasteiger partial charge in [-0.15, -0.1) is 0 Å². The standard InChI is InChI=1S/C49H96NO10P/c1-7-10-13-16-19-20-21-22-23-24-25-28-33-38-47(51)56-43-46(44-58-61(54,55)57-42-41-50(4,5)6)60-49(53)40-35-30-29-34-39-48(52)59-45(36-31-26-17-14-11-8-2)37-32-27-18-15-12-9-3/h45-46H,7-44H2,1-6H3/p+1/t46-/m0/s1. The van der Waals surface area contributed by atoms with E-state index in [1.807, 2.05) is 21.1 Å². The molecule has 0 saturated carbocycles. The number of phosphoric ester groups is 1. The molecule has 1 unspecified atom stereocenters. The topological polar surface area (TPSA) is 135 Å². The molecule has 0 rings (SSSR count). The van der Waals surface area contributed by atoms with Crippen molar-refractivity contribution < 1.29 is 51.6 Å². The number of hydrogen-bond donors (Lipinski definition) is 1. The van der Waals surface area contributed by atoms with Crippen molar-refractivity contribution in [1.82, 2.24) is 0 Å². The number of likely N-dealkylation sites (N-methyl/N-ethyl adjacent to an activating group) is 1. The SMILES string of the molecule is CCCCCCCCCCCCCCCC(=O)OC[C@@H](COP(=O)(O)OCC[N+](C)(C)C)OC(=O)CCCCCCC(=O)OC(CCCCCCCC)CCCCCCCC. The van der Waals surface area contributed by atoms with Crippen LogP contribution in [0.3, 0.4) is 0 Å². The van der Waals surface area contributed by atoms with Crippen molar-refractivity contribution in [2.45, 2.75) is 251 Å². The van der Waals surface area contributed by atoms with Gasteiger partial charge in [0.15, 0.2) is 6.10 Å². The Bertz CT molecular complexity index is 1070. The van der Waals surface area contributed by atoms with Crippen LogP contribution >= 0.6 is 7.82 Å². The molecule has 0 radical (unpaired) electrons. The van der Waals surface area contributed by atoms with Gasteiger partial charge in [0.25, 0.3) is 0 Å². The third kappa shape index (κ3) is 43.5. The van der Waals surface area contributed by atoms with Gasteiger partial charge in [-0.3, -0.25) is 23.4 Å². The number of hydrogen-bond acceptors (Lipinski definition) is 9. The maximum absolute atomic E-state index is 12.8. The first-order valence-corrected chi connectivity index (χ1v) is 26.8. The van der Waals surface area contributed by atoms with Gasteiger partial charge in [-0.05, 0) is 44.9 Å². The molecule has 0 aromatic carbocycles. The van der Waals surface area contributed by atoms with Gasteiger partial charge in [0.05, 0.1) is 27.7 Å². The van der Waals surface area contributed by atoms with Crippen LogP contribution in [0.15, 0.2) is 0 Å². The van der Waals surface area contributed by atoms with Gasteiger partial charge in [0, 0.05) is 19.3 Å². The predicted molar refractivity (Wildman–Crippen MR) is 249 cm³/mol. The summed E-state index contributed by atoms with van der Waals surface area (Å²) >= 11 is 0. The highest BCUT2D eigenvalue weighted by Gasteiger charge is 2.27. The lowest BCUT2D eigenvalue weighted by molar-refractivity contribution is -0.870. The maximum atomic E-state index is 12.8. The van der Waals surface area contributed by atoms with Crippen LogP contribution in [0.1, 0.15) is 239 Å². The van der Waals surface area contributed by atoms with Crippen molar-refractivity contribution in [2.75, 3.05) is 47.5 Å². The monoisotopic (exact) mass is 891 g/mol. The first kappa shape index (κ1) is 59.5. The van der Waals surface area contributed by atoms with E-state index in [4.69, 9.17) is 23.3 Å². The Balaban J connectivity index is 4.70. The summed E-state index contributed by atoms with van der Waals surface area (Å²) < 4.78 is 40.4. The summed E-state index contributed by atoms with van der Waals surface area (Å²) in [5.74, 6) is -1.04. The first-order chi connectivity index (χ1) is 29.3. The van der Waals surface area contributed by atoms with Crippen molar-refractivity contribution in [3.8, 4) is 0 Å². The summed E-state index contributed by atoms with van der Waals surface area (Å²) in [5.41, 5.74) is 0. The average Bonchev–Trinajstić information content (AvgIpc) is 3.20. The second kappa shape index (κ2) is 41.2. The van der Waals surface area contributed by atoms with Crippen LogP contribution in [-0.4, -0.2) is 87.0 Å². The molecule has 11 nitrogen and oxygen atoms in total. The molecule has 0 saturated heterocycles. The molecule has 0 amide bonds. The molecule has 0 aliphatic rings. The van der Waals surface area contributed by atoms with E-state index in [1.54, 1.807) is 0 Å². The Morgan fingerprint density at radius 1 is 0.459 bits per heavy atom. The van der Waals surface area contributed by atoms with Crippen molar-refractivity contribution in [1.29, 1.82) is 0 Å². The lowest BCUT2D eigenvalue weighted by atomic mass is 10.0. The van der Waals surface area contributed by atoms with Gasteiger partial charge in [-0.1, -0.05) is 175 Å². The minimum Gasteiger partial charge on any atom is -0.462 e. The second-order valence-corrected chi connectivity index (χ2v) is 20.0. The Hall–Kier alpha value is -1.52. The Kier molecular flexibility index (Phi) is 40.2. The van der Waals surface area contributed by atoms with Crippen LogP contribution in [0.25, 0.3) is 0 Å². The normalized spacial score (nSPS) is 13.3. The Morgan fingerprint density at radius 3 is 1.20 bits per heavy atom. The summed E-state index contributed by atoms with van der Waals surface area (Å²) in [4.78, 5) is 48.4. The third-order valence-corrected chi connectivity index (χ3v) is 12.2. The molecule has 0 heterocycles. The summed E-state index contributed by atoms with van der Waals surface area (Å²) in [6.07, 6.45) is 34.8. The van der Waals surface area contributed by atoms with Crippen LogP contribution in [0.4, 0.5) is 0 Å². The van der Waals surface area contributed by atoms with Gasteiger partial charge >= 0.3 is 25.7 Å². The molecule has 61 heavy (non-hydrogen) atoms. The number of phosphoric acid groups is 1. The average molecular weight is 891 g/mol. The number of carbonyl (C=O) groups is 3. The minimum atomic E-state index is -4.42. The number of rotatable bonds is 46. The largest absolute Gasteiger partial charge is 0.472 e. The van der Waals surface area contributed by atoms with Crippen molar-refractivity contribution in [3.63, 3.8) is 0 Å². The van der Waals surface area contributed by atoms with Crippen LogP contribution in [0, 0.1) is 0 Å². The molecular formula is C49H97NO10P+. The predicted octanol–water partition coefficient (Wildman–Crippen LogP) is 13.5. The highest BCUT2D eigenvalue weighted by Crippen LogP contribution is 2.43. The summed E-state index contributed by atoms with van der Waals surface area (Å²) in [6, 6.07) is 0. The Morgan fingerprint density at radius 2 is 0.803 bits per heavy atom. The van der Waals surface area contributed by atoms with E-state index < -0.39 is 32.5 Å². The zero-order valence-electron chi connectivity index (χ0n) is 40.5. The van der Waals surface area contributed by atoms with E-state index in [0.29, 0.717) is 30.3 Å². The van der Waals surface area contributed by atoms with E-state index in [9.17, 15) is 23.8 Å². The molecule has 0 aliphatic heterocycles. The second-order valence-electron chi connectivity index (χ2n) is 18.5. The lowest BCUT2D eigenvalue weighted by Crippen LogP contribution is -2.37. The summed E-state index contributed by atoms with van der Waals surface area (Å²) in [6.45, 7) is 6.48. The van der Waals surface area contributed by atoms with E-state index in [-0.39, 0.29) is 38.1 Å². The smallest absolute Gasteiger partial charge is 0.462 e. The quantitative estimate of drug-likeness (QED) is 0.0207. The number of unbranched alkanes of at least 4 members (excludes halogenated alkanes) is 25. The van der Waals surface area contributed by atoms with Crippen molar-refractivity contribution >= 4 is 25.7 Å². The number of nitrogens with zero attached hydrogens (tertiary/aromatic N) is 1. The van der Waals surface area contributed by atoms with Crippen molar-refractivity contribution in [2.24, 2.45) is 0 Å². The van der Waals surface area contributed by atoms with Crippen LogP contribution < -0.4 is 0 Å². The zero-order valence-corrected chi connectivity index (χ0v) is 41.4. The number of ether oxygens (including phenoxy) is 3. The molecule has 1 N–H and O–H groups in total. The van der Waals surface area contributed by atoms with E-state index >= 15 is 0 Å². The highest BCUT2D eigenvalue weighted by molar-refractivity contribution is 7.47. The van der Waals surface area contributed by atoms with Crippen molar-refractivity contribution in [3.05, 3.63) is 0 Å². The fourth-order valence-electron chi connectivity index (χ4n) is 7.25. The van der Waals surface area contributed by atoms with Crippen LogP contribution in [0.5, 0.6) is 0 Å². The fourth-order valence-corrected chi connectivity index (χ4v) is 8.00. The molecule has 0 aromatic heterocycles. The molecule has 12 heteroatoms. The number of esters is 3.